The third kappa shape index (κ3) is 7.56. The van der Waals surface area contributed by atoms with Gasteiger partial charge in [-0.25, -0.2) is 0 Å². The van der Waals surface area contributed by atoms with E-state index in [-0.39, 0.29) is 23.6 Å². The molecule has 0 radical (unpaired) electrons. The van der Waals surface area contributed by atoms with Gasteiger partial charge in [0.1, 0.15) is 6.04 Å². The third-order valence-electron chi connectivity index (χ3n) is 3.61. The molecule has 7 nitrogen and oxygen atoms in total. The van der Waals surface area contributed by atoms with E-state index in [0.717, 1.165) is 6.42 Å². The number of nitrogens with two attached hydrogens (primary N) is 2. The monoisotopic (exact) mass is 328 g/mol. The first kappa shape index (κ1) is 21.5. The molecule has 5 N–H and O–H groups in total. The molecular formula is C16H32N4O3. The average Bonchev–Trinajstić information content (AvgIpc) is 2.49. The van der Waals surface area contributed by atoms with E-state index in [1.807, 2.05) is 20.8 Å². The van der Waals surface area contributed by atoms with Crippen LogP contribution >= 0.6 is 0 Å². The topological polar surface area (TPSA) is 119 Å². The normalized spacial score (nSPS) is 13.5. The molecule has 0 aliphatic rings. The van der Waals surface area contributed by atoms with E-state index in [0.29, 0.717) is 32.4 Å². The number of rotatable bonds is 10. The molecule has 0 aromatic carbocycles. The molecule has 134 valence electrons. The van der Waals surface area contributed by atoms with Gasteiger partial charge >= 0.3 is 0 Å². The van der Waals surface area contributed by atoms with Crippen molar-refractivity contribution < 1.29 is 14.4 Å². The number of amides is 3. The van der Waals surface area contributed by atoms with Crippen molar-refractivity contribution in [2.75, 3.05) is 13.1 Å². The van der Waals surface area contributed by atoms with Gasteiger partial charge in [-0.3, -0.25) is 19.3 Å². The number of carbonyl (C=O) groups is 3. The second-order valence-corrected chi connectivity index (χ2v) is 6.14. The first-order valence-corrected chi connectivity index (χ1v) is 8.34. The summed E-state index contributed by atoms with van der Waals surface area (Å²) in [6.45, 7) is 7.74. The molecule has 0 rings (SSSR count). The lowest BCUT2D eigenvalue weighted by atomic mass is 10.0. The standard InChI is InChI=1S/C16H32N4O3/c1-5-10-20(16(23)14(18)11(2)3)15(22)13(19-12(4)21)8-6-7-9-17/h11,13-14H,5-10,17-18H2,1-4H3,(H,19,21)/t13-,14-/m0/s1. The van der Waals surface area contributed by atoms with Crippen LogP contribution in [-0.4, -0.2) is 47.8 Å². The molecule has 0 unspecified atom stereocenters. The van der Waals surface area contributed by atoms with Gasteiger partial charge in [0, 0.05) is 13.5 Å². The number of nitrogens with zero attached hydrogens (tertiary/aromatic N) is 1. The molecule has 3 amide bonds. The number of carbonyl (C=O) groups excluding carboxylic acids is 3. The van der Waals surface area contributed by atoms with Crippen molar-refractivity contribution in [3.05, 3.63) is 0 Å². The van der Waals surface area contributed by atoms with Crippen LogP contribution in [0, 0.1) is 5.92 Å². The van der Waals surface area contributed by atoms with E-state index in [1.165, 1.54) is 11.8 Å². The SMILES string of the molecule is CCCN(C(=O)[C@H](CCCCN)NC(C)=O)C(=O)[C@@H](N)C(C)C. The number of hydrogen-bond acceptors (Lipinski definition) is 5. The molecule has 0 spiro atoms. The summed E-state index contributed by atoms with van der Waals surface area (Å²) in [7, 11) is 0. The lowest BCUT2D eigenvalue weighted by molar-refractivity contribution is -0.148. The highest BCUT2D eigenvalue weighted by atomic mass is 16.2. The van der Waals surface area contributed by atoms with E-state index >= 15 is 0 Å². The maximum Gasteiger partial charge on any atom is 0.251 e. The van der Waals surface area contributed by atoms with Gasteiger partial charge in [0.15, 0.2) is 0 Å². The minimum absolute atomic E-state index is 0.0638. The smallest absolute Gasteiger partial charge is 0.251 e. The first-order chi connectivity index (χ1) is 10.8. The molecule has 0 fully saturated rings. The van der Waals surface area contributed by atoms with Crippen LogP contribution in [-0.2, 0) is 14.4 Å². The van der Waals surface area contributed by atoms with Crippen LogP contribution in [0.15, 0.2) is 0 Å². The minimum Gasteiger partial charge on any atom is -0.345 e. The Hall–Kier alpha value is -1.47. The van der Waals surface area contributed by atoms with Gasteiger partial charge in [-0.1, -0.05) is 20.8 Å². The molecule has 0 saturated carbocycles. The van der Waals surface area contributed by atoms with Crippen LogP contribution in [0.3, 0.4) is 0 Å². The van der Waals surface area contributed by atoms with E-state index in [9.17, 15) is 14.4 Å². The Morgan fingerprint density at radius 1 is 1.13 bits per heavy atom. The Labute approximate surface area is 139 Å². The van der Waals surface area contributed by atoms with Gasteiger partial charge < -0.3 is 16.8 Å². The predicted molar refractivity (Wildman–Crippen MR) is 90.3 cm³/mol. The Morgan fingerprint density at radius 3 is 2.17 bits per heavy atom. The lowest BCUT2D eigenvalue weighted by Crippen LogP contribution is -2.55. The van der Waals surface area contributed by atoms with Crippen LogP contribution in [0.4, 0.5) is 0 Å². The summed E-state index contributed by atoms with van der Waals surface area (Å²) in [6, 6.07) is -1.44. The van der Waals surface area contributed by atoms with Crippen LogP contribution < -0.4 is 16.8 Å². The van der Waals surface area contributed by atoms with E-state index in [1.54, 1.807) is 0 Å². The molecule has 0 aromatic rings. The first-order valence-electron chi connectivity index (χ1n) is 8.34. The third-order valence-corrected chi connectivity index (χ3v) is 3.61. The molecule has 0 aliphatic heterocycles. The van der Waals surface area contributed by atoms with Crippen LogP contribution in [0.25, 0.3) is 0 Å². The number of nitrogens with one attached hydrogen (secondary N) is 1. The van der Waals surface area contributed by atoms with Gasteiger partial charge in [0.2, 0.25) is 11.8 Å². The molecule has 23 heavy (non-hydrogen) atoms. The van der Waals surface area contributed by atoms with Crippen molar-refractivity contribution in [1.29, 1.82) is 0 Å². The Bertz CT molecular complexity index is 399. The van der Waals surface area contributed by atoms with Crippen molar-refractivity contribution in [2.45, 2.75) is 65.5 Å². The highest BCUT2D eigenvalue weighted by Crippen LogP contribution is 2.10. The van der Waals surface area contributed by atoms with E-state index < -0.39 is 12.1 Å². The Balaban J connectivity index is 5.17. The molecule has 0 heterocycles. The van der Waals surface area contributed by atoms with Crippen LogP contribution in [0.1, 0.15) is 53.4 Å². The van der Waals surface area contributed by atoms with E-state index in [4.69, 9.17) is 11.5 Å². The zero-order valence-corrected chi connectivity index (χ0v) is 14.8. The van der Waals surface area contributed by atoms with Gasteiger partial charge in [0.05, 0.1) is 6.04 Å². The summed E-state index contributed by atoms with van der Waals surface area (Å²) < 4.78 is 0. The fourth-order valence-electron chi connectivity index (χ4n) is 2.20. The fraction of sp³-hybridized carbons (Fsp3) is 0.812. The minimum atomic E-state index is -0.729. The quantitative estimate of drug-likeness (QED) is 0.501. The predicted octanol–water partition coefficient (Wildman–Crippen LogP) is 0.369. The Kier molecular flexibility index (Phi) is 10.4. The molecule has 0 aromatic heterocycles. The van der Waals surface area contributed by atoms with Crippen molar-refractivity contribution >= 4 is 17.7 Å². The largest absolute Gasteiger partial charge is 0.345 e. The van der Waals surface area contributed by atoms with Crippen molar-refractivity contribution in [1.82, 2.24) is 10.2 Å². The molecule has 0 saturated heterocycles. The Morgan fingerprint density at radius 2 is 1.74 bits per heavy atom. The fourth-order valence-corrected chi connectivity index (χ4v) is 2.20. The highest BCUT2D eigenvalue weighted by Gasteiger charge is 2.32. The molecule has 0 aliphatic carbocycles. The summed E-state index contributed by atoms with van der Waals surface area (Å²) in [4.78, 5) is 37.8. The second kappa shape index (κ2) is 11.1. The van der Waals surface area contributed by atoms with Crippen LogP contribution in [0.2, 0.25) is 0 Å². The summed E-state index contributed by atoms with van der Waals surface area (Å²) in [5, 5.41) is 2.64. The van der Waals surface area contributed by atoms with Crippen LogP contribution in [0.5, 0.6) is 0 Å². The number of unbranched alkanes of at least 4 members (excludes halogenated alkanes) is 1. The van der Waals surface area contributed by atoms with Crippen molar-refractivity contribution in [3.63, 3.8) is 0 Å². The average molecular weight is 328 g/mol. The molecule has 7 heteroatoms. The maximum absolute atomic E-state index is 12.7. The summed E-state index contributed by atoms with van der Waals surface area (Å²) in [5.74, 6) is -1.14. The van der Waals surface area contributed by atoms with Gasteiger partial charge in [-0.05, 0) is 38.1 Å². The molecule has 2 atom stereocenters. The van der Waals surface area contributed by atoms with Crippen molar-refractivity contribution in [3.8, 4) is 0 Å². The second-order valence-electron chi connectivity index (χ2n) is 6.14. The van der Waals surface area contributed by atoms with Gasteiger partial charge in [-0.2, -0.15) is 0 Å². The number of imide groups is 1. The van der Waals surface area contributed by atoms with Crippen molar-refractivity contribution in [2.24, 2.45) is 17.4 Å². The number of hydrogen-bond donors (Lipinski definition) is 3. The zero-order chi connectivity index (χ0) is 18.0. The van der Waals surface area contributed by atoms with Gasteiger partial charge in [0.25, 0.3) is 5.91 Å². The summed E-state index contributed by atoms with van der Waals surface area (Å²) in [6.07, 6.45) is 2.56. The highest BCUT2D eigenvalue weighted by molar-refractivity contribution is 6.01. The maximum atomic E-state index is 12.7. The lowest BCUT2D eigenvalue weighted by Gasteiger charge is -2.29. The van der Waals surface area contributed by atoms with Gasteiger partial charge in [-0.15, -0.1) is 0 Å². The summed E-state index contributed by atoms with van der Waals surface area (Å²) in [5.41, 5.74) is 11.4. The zero-order valence-electron chi connectivity index (χ0n) is 14.8. The molecular weight excluding hydrogens is 296 g/mol. The molecule has 0 bridgehead atoms. The van der Waals surface area contributed by atoms with E-state index in [2.05, 4.69) is 5.32 Å². The summed E-state index contributed by atoms with van der Waals surface area (Å²) >= 11 is 0.